The van der Waals surface area contributed by atoms with Gasteiger partial charge in [0.25, 0.3) is 5.56 Å². The molecule has 0 aliphatic heterocycles. The molecule has 1 aromatic heterocycles. The molecule has 0 unspecified atom stereocenters. The zero-order valence-electron chi connectivity index (χ0n) is 8.72. The van der Waals surface area contributed by atoms with Crippen molar-refractivity contribution in [3.63, 3.8) is 0 Å². The Morgan fingerprint density at radius 2 is 1.76 bits per heavy atom. The maximum atomic E-state index is 13.4. The summed E-state index contributed by atoms with van der Waals surface area (Å²) in [5, 5.41) is 2.47. The van der Waals surface area contributed by atoms with Gasteiger partial charge in [0.2, 0.25) is 0 Å². The van der Waals surface area contributed by atoms with Crippen LogP contribution < -0.4 is 11.3 Å². The molecule has 0 aliphatic rings. The van der Waals surface area contributed by atoms with Gasteiger partial charge in [-0.05, 0) is 6.92 Å². The van der Waals surface area contributed by atoms with Crippen LogP contribution in [0.25, 0.3) is 5.69 Å². The van der Waals surface area contributed by atoms with Gasteiger partial charge in [0.1, 0.15) is 11.4 Å². The summed E-state index contributed by atoms with van der Waals surface area (Å²) < 4.78 is 39.8. The molecule has 0 fully saturated rings. The Labute approximate surface area is 93.5 Å². The number of aromatic amines is 1. The van der Waals surface area contributed by atoms with Crippen LogP contribution in [0.1, 0.15) is 5.69 Å². The van der Waals surface area contributed by atoms with Crippen LogP contribution in [0.15, 0.2) is 16.9 Å². The molecule has 0 aliphatic carbocycles. The molecule has 4 nitrogen and oxygen atoms in total. The predicted molar refractivity (Wildman–Crippen MR) is 55.4 cm³/mol. The number of rotatable bonds is 1. The number of aromatic nitrogens is 2. The number of H-pyrrole nitrogens is 1. The van der Waals surface area contributed by atoms with Crippen LogP contribution in [0.4, 0.5) is 18.9 Å². The van der Waals surface area contributed by atoms with Crippen molar-refractivity contribution in [2.75, 3.05) is 5.73 Å². The molecule has 17 heavy (non-hydrogen) atoms. The first-order chi connectivity index (χ1) is 7.91. The fourth-order valence-corrected chi connectivity index (χ4v) is 1.41. The van der Waals surface area contributed by atoms with Crippen LogP contribution in [-0.4, -0.2) is 9.78 Å². The molecule has 0 bridgehead atoms. The van der Waals surface area contributed by atoms with Gasteiger partial charge in [-0.2, -0.15) is 0 Å². The van der Waals surface area contributed by atoms with Crippen LogP contribution in [0.3, 0.4) is 0 Å². The van der Waals surface area contributed by atoms with Gasteiger partial charge in [-0.25, -0.2) is 17.9 Å². The third-order valence-electron chi connectivity index (χ3n) is 2.35. The van der Waals surface area contributed by atoms with E-state index in [0.29, 0.717) is 17.8 Å². The second-order valence-corrected chi connectivity index (χ2v) is 3.51. The Hall–Kier alpha value is -2.18. The van der Waals surface area contributed by atoms with E-state index in [0.717, 1.165) is 4.68 Å². The Morgan fingerprint density at radius 1 is 1.18 bits per heavy atom. The molecule has 0 radical (unpaired) electrons. The molecule has 0 amide bonds. The van der Waals surface area contributed by atoms with Gasteiger partial charge in [0.05, 0.1) is 5.69 Å². The summed E-state index contributed by atoms with van der Waals surface area (Å²) in [6.45, 7) is 1.50. The van der Waals surface area contributed by atoms with Crippen LogP contribution >= 0.6 is 0 Å². The van der Waals surface area contributed by atoms with E-state index in [2.05, 4.69) is 5.10 Å². The maximum absolute atomic E-state index is 13.4. The van der Waals surface area contributed by atoms with Crippen LogP contribution in [0, 0.1) is 24.4 Å². The summed E-state index contributed by atoms with van der Waals surface area (Å²) in [4.78, 5) is 11.6. The number of hydrogen-bond donors (Lipinski definition) is 2. The summed E-state index contributed by atoms with van der Waals surface area (Å²) in [6, 6.07) is 0.949. The first kappa shape index (κ1) is 11.3. The normalized spacial score (nSPS) is 10.8. The van der Waals surface area contributed by atoms with Crippen molar-refractivity contribution in [3.05, 3.63) is 45.6 Å². The highest BCUT2D eigenvalue weighted by molar-refractivity contribution is 5.44. The average molecular weight is 243 g/mol. The highest BCUT2D eigenvalue weighted by Gasteiger charge is 2.15. The van der Waals surface area contributed by atoms with E-state index >= 15 is 0 Å². The minimum absolute atomic E-state index is 0.103. The number of aryl methyl sites for hydroxylation is 1. The summed E-state index contributed by atoms with van der Waals surface area (Å²) in [5.74, 6) is -3.64. The SMILES string of the molecule is Cc1[nH]n(-c2cc(F)c(F)cc2F)c(=O)c1N. The van der Waals surface area contributed by atoms with Gasteiger partial charge in [-0.1, -0.05) is 0 Å². The number of halogens is 3. The third kappa shape index (κ3) is 1.69. The van der Waals surface area contributed by atoms with E-state index < -0.39 is 28.7 Å². The van der Waals surface area contributed by atoms with Gasteiger partial charge < -0.3 is 5.73 Å². The van der Waals surface area contributed by atoms with Crippen molar-refractivity contribution in [3.8, 4) is 5.69 Å². The highest BCUT2D eigenvalue weighted by Crippen LogP contribution is 2.17. The number of nitrogens with zero attached hydrogens (tertiary/aromatic N) is 1. The van der Waals surface area contributed by atoms with Gasteiger partial charge >= 0.3 is 0 Å². The fourth-order valence-electron chi connectivity index (χ4n) is 1.41. The average Bonchev–Trinajstić information content (AvgIpc) is 2.51. The molecule has 2 aromatic rings. The molecular weight excluding hydrogens is 235 g/mol. The molecule has 0 saturated heterocycles. The fraction of sp³-hybridized carbons (Fsp3) is 0.100. The first-order valence-corrected chi connectivity index (χ1v) is 4.64. The monoisotopic (exact) mass is 243 g/mol. The number of hydrogen-bond acceptors (Lipinski definition) is 2. The maximum Gasteiger partial charge on any atom is 0.294 e. The van der Waals surface area contributed by atoms with Crippen molar-refractivity contribution in [1.29, 1.82) is 0 Å². The second-order valence-electron chi connectivity index (χ2n) is 3.51. The Balaban J connectivity index is 2.73. The molecule has 2 rings (SSSR count). The lowest BCUT2D eigenvalue weighted by Crippen LogP contribution is -2.18. The Bertz CT molecular complexity index is 645. The smallest absolute Gasteiger partial charge is 0.294 e. The number of benzene rings is 1. The number of nitrogen functional groups attached to an aromatic ring is 1. The number of nitrogens with one attached hydrogen (secondary N) is 1. The quantitative estimate of drug-likeness (QED) is 0.745. The summed E-state index contributed by atoms with van der Waals surface area (Å²) >= 11 is 0. The summed E-state index contributed by atoms with van der Waals surface area (Å²) in [7, 11) is 0. The minimum atomic E-state index is -1.32. The zero-order chi connectivity index (χ0) is 12.7. The van der Waals surface area contributed by atoms with Crippen molar-refractivity contribution in [1.82, 2.24) is 9.78 Å². The standard InChI is InChI=1S/C10H8F3N3O/c1-4-9(14)10(17)16(15-4)8-3-6(12)5(11)2-7(8)13/h2-3,15H,14H2,1H3. The lowest BCUT2D eigenvalue weighted by Gasteiger charge is -2.04. The zero-order valence-corrected chi connectivity index (χ0v) is 8.72. The van der Waals surface area contributed by atoms with Crippen LogP contribution in [-0.2, 0) is 0 Å². The van der Waals surface area contributed by atoms with E-state index in [1.807, 2.05) is 0 Å². The number of nitrogens with two attached hydrogens (primary N) is 1. The lowest BCUT2D eigenvalue weighted by molar-refractivity contribution is 0.491. The molecule has 0 atom stereocenters. The topological polar surface area (TPSA) is 63.8 Å². The van der Waals surface area contributed by atoms with Crippen molar-refractivity contribution >= 4 is 5.69 Å². The molecule has 0 spiro atoms. The van der Waals surface area contributed by atoms with Crippen molar-refractivity contribution in [2.45, 2.75) is 6.92 Å². The second kappa shape index (κ2) is 3.69. The summed E-state index contributed by atoms with van der Waals surface area (Å²) in [6.07, 6.45) is 0. The first-order valence-electron chi connectivity index (χ1n) is 4.64. The van der Waals surface area contributed by atoms with E-state index in [4.69, 9.17) is 5.73 Å². The molecule has 0 saturated carbocycles. The molecular formula is C10H8F3N3O. The van der Waals surface area contributed by atoms with Crippen LogP contribution in [0.2, 0.25) is 0 Å². The molecule has 7 heteroatoms. The van der Waals surface area contributed by atoms with Gasteiger partial charge in [-0.3, -0.25) is 9.89 Å². The lowest BCUT2D eigenvalue weighted by atomic mass is 10.3. The Kier molecular flexibility index (Phi) is 2.45. The van der Waals surface area contributed by atoms with E-state index in [9.17, 15) is 18.0 Å². The third-order valence-corrected chi connectivity index (χ3v) is 2.35. The molecule has 3 N–H and O–H groups in total. The predicted octanol–water partition coefficient (Wildman–Crippen LogP) is 1.47. The van der Waals surface area contributed by atoms with Gasteiger partial charge in [-0.15, -0.1) is 0 Å². The van der Waals surface area contributed by atoms with Crippen molar-refractivity contribution < 1.29 is 13.2 Å². The van der Waals surface area contributed by atoms with Gasteiger partial charge in [0, 0.05) is 12.1 Å². The molecule has 1 heterocycles. The highest BCUT2D eigenvalue weighted by atomic mass is 19.2. The minimum Gasteiger partial charge on any atom is -0.393 e. The largest absolute Gasteiger partial charge is 0.393 e. The van der Waals surface area contributed by atoms with E-state index in [1.54, 1.807) is 0 Å². The van der Waals surface area contributed by atoms with Gasteiger partial charge in [0.15, 0.2) is 17.5 Å². The molecule has 90 valence electrons. The number of anilines is 1. The van der Waals surface area contributed by atoms with Crippen molar-refractivity contribution in [2.24, 2.45) is 0 Å². The van der Waals surface area contributed by atoms with E-state index in [-0.39, 0.29) is 5.69 Å². The molecule has 1 aromatic carbocycles. The summed E-state index contributed by atoms with van der Waals surface area (Å²) in [5.41, 5.74) is 4.48. The van der Waals surface area contributed by atoms with E-state index in [1.165, 1.54) is 6.92 Å². The Morgan fingerprint density at radius 3 is 2.29 bits per heavy atom. The van der Waals surface area contributed by atoms with Crippen LogP contribution in [0.5, 0.6) is 0 Å².